The summed E-state index contributed by atoms with van der Waals surface area (Å²) in [5.74, 6) is -0.363. The number of carbonyl (C=O) groups excluding carboxylic acids is 1. The first-order chi connectivity index (χ1) is 13.3. The minimum absolute atomic E-state index is 0.00724. The number of nitrogens with zero attached hydrogens (tertiary/aromatic N) is 2. The number of piperidine rings is 1. The summed E-state index contributed by atoms with van der Waals surface area (Å²) in [5, 5.41) is 2.73. The number of amides is 1. The third-order valence-corrected chi connectivity index (χ3v) is 7.49. The van der Waals surface area contributed by atoms with Crippen molar-refractivity contribution >= 4 is 43.2 Å². The van der Waals surface area contributed by atoms with Crippen molar-refractivity contribution in [3.63, 3.8) is 0 Å². The van der Waals surface area contributed by atoms with Crippen LogP contribution in [0.5, 0.6) is 0 Å². The first kappa shape index (κ1) is 20.5. The van der Waals surface area contributed by atoms with Gasteiger partial charge >= 0.3 is 0 Å². The Kier molecular flexibility index (Phi) is 6.18. The molecule has 0 saturated carbocycles. The van der Waals surface area contributed by atoms with E-state index >= 15 is 0 Å². The highest BCUT2D eigenvalue weighted by Gasteiger charge is 2.30. The predicted octanol–water partition coefficient (Wildman–Crippen LogP) is 4.82. The molecule has 1 N–H and O–H groups in total. The molecule has 3 rings (SSSR count). The number of sulfonamides is 1. The van der Waals surface area contributed by atoms with E-state index in [0.717, 1.165) is 19.3 Å². The maximum absolute atomic E-state index is 12.9. The van der Waals surface area contributed by atoms with E-state index in [1.165, 1.54) is 18.2 Å². The van der Waals surface area contributed by atoms with E-state index in [1.807, 2.05) is 6.92 Å². The van der Waals surface area contributed by atoms with Crippen molar-refractivity contribution < 1.29 is 13.2 Å². The Bertz CT molecular complexity index is 1030. The molecule has 6 nitrogen and oxygen atoms in total. The molecule has 2 aromatic rings. The molecule has 1 saturated heterocycles. The van der Waals surface area contributed by atoms with Gasteiger partial charge in [-0.3, -0.25) is 4.79 Å². The number of nitrogens with one attached hydrogen (secondary N) is 1. The molecule has 146 valence electrons. The van der Waals surface area contributed by atoms with Crippen molar-refractivity contribution in [2.45, 2.75) is 37.1 Å². The number of benzene rings is 2. The molecule has 8 heteroatoms. The number of carbonyl (C=O) groups is 1. The van der Waals surface area contributed by atoms with E-state index in [1.54, 1.807) is 28.6 Å². The molecule has 1 atom stereocenters. The fourth-order valence-electron chi connectivity index (χ4n) is 3.22. The lowest BCUT2D eigenvalue weighted by atomic mass is 10.1. The molecule has 0 spiro atoms. The molecular weight excluding hydrogens is 442 g/mol. The van der Waals surface area contributed by atoms with Gasteiger partial charge in [-0.25, -0.2) is 13.3 Å². The average molecular weight is 462 g/mol. The van der Waals surface area contributed by atoms with Crippen molar-refractivity contribution in [2.75, 3.05) is 11.9 Å². The molecule has 1 fully saturated rings. The SMILES string of the molecule is [C-]#[N+]c1cc(C(=O)Nc2ccc(S(=O)(=O)N3CCCCC3C)cc2)ccc1Br. The lowest BCUT2D eigenvalue weighted by Gasteiger charge is -2.32. The van der Waals surface area contributed by atoms with Crippen molar-refractivity contribution in [2.24, 2.45) is 0 Å². The number of hydrogen-bond donors (Lipinski definition) is 1. The largest absolute Gasteiger partial charge is 0.322 e. The third-order valence-electron chi connectivity index (χ3n) is 4.79. The minimum Gasteiger partial charge on any atom is -0.322 e. The van der Waals surface area contributed by atoms with E-state index in [4.69, 9.17) is 6.57 Å². The maximum atomic E-state index is 12.9. The van der Waals surface area contributed by atoms with E-state index in [9.17, 15) is 13.2 Å². The summed E-state index contributed by atoms with van der Waals surface area (Å²) in [4.78, 5) is 16.0. The Labute approximate surface area is 173 Å². The van der Waals surface area contributed by atoms with Gasteiger partial charge in [-0.1, -0.05) is 34.5 Å². The van der Waals surface area contributed by atoms with Crippen LogP contribution in [0.2, 0.25) is 0 Å². The van der Waals surface area contributed by atoms with Gasteiger partial charge in [0.1, 0.15) is 0 Å². The molecule has 1 amide bonds. The van der Waals surface area contributed by atoms with Crippen LogP contribution in [0.15, 0.2) is 51.8 Å². The van der Waals surface area contributed by atoms with Crippen LogP contribution in [0.1, 0.15) is 36.5 Å². The monoisotopic (exact) mass is 461 g/mol. The molecule has 1 aliphatic rings. The van der Waals surface area contributed by atoms with Crippen LogP contribution < -0.4 is 5.32 Å². The summed E-state index contributed by atoms with van der Waals surface area (Å²) in [7, 11) is -3.54. The summed E-state index contributed by atoms with van der Waals surface area (Å²) in [5.41, 5.74) is 1.20. The first-order valence-corrected chi connectivity index (χ1v) is 11.2. The predicted molar refractivity (Wildman–Crippen MR) is 112 cm³/mol. The highest BCUT2D eigenvalue weighted by atomic mass is 79.9. The van der Waals surface area contributed by atoms with Crippen LogP contribution in [-0.2, 0) is 10.0 Å². The van der Waals surface area contributed by atoms with Crippen molar-refractivity contribution in [1.82, 2.24) is 4.31 Å². The zero-order valence-electron chi connectivity index (χ0n) is 15.4. The van der Waals surface area contributed by atoms with Crippen LogP contribution in [0, 0.1) is 6.57 Å². The minimum atomic E-state index is -3.54. The number of anilines is 1. The Morgan fingerprint density at radius 2 is 1.93 bits per heavy atom. The zero-order valence-corrected chi connectivity index (χ0v) is 17.8. The fraction of sp³-hybridized carbons (Fsp3) is 0.300. The second-order valence-electron chi connectivity index (χ2n) is 6.72. The van der Waals surface area contributed by atoms with Crippen LogP contribution in [0.4, 0.5) is 11.4 Å². The summed E-state index contributed by atoms with van der Waals surface area (Å²) < 4.78 is 27.9. The van der Waals surface area contributed by atoms with Crippen molar-refractivity contribution in [3.8, 4) is 0 Å². The van der Waals surface area contributed by atoms with E-state index in [-0.39, 0.29) is 16.8 Å². The topological polar surface area (TPSA) is 70.8 Å². The second kappa shape index (κ2) is 8.43. The van der Waals surface area contributed by atoms with E-state index < -0.39 is 10.0 Å². The quantitative estimate of drug-likeness (QED) is 0.663. The Balaban J connectivity index is 1.76. The summed E-state index contributed by atoms with van der Waals surface area (Å²) >= 11 is 3.26. The van der Waals surface area contributed by atoms with Crippen LogP contribution >= 0.6 is 15.9 Å². The number of halogens is 1. The van der Waals surface area contributed by atoms with Crippen LogP contribution in [0.3, 0.4) is 0 Å². The second-order valence-corrected chi connectivity index (χ2v) is 9.46. The molecule has 1 heterocycles. The molecule has 0 aliphatic carbocycles. The molecule has 0 bridgehead atoms. The molecular formula is C20H20BrN3O3S. The lowest BCUT2D eigenvalue weighted by molar-refractivity contribution is 0.102. The van der Waals surface area contributed by atoms with Gasteiger partial charge in [0.15, 0.2) is 0 Å². The molecule has 1 unspecified atom stereocenters. The smallest absolute Gasteiger partial charge is 0.254 e. The maximum Gasteiger partial charge on any atom is 0.254 e. The molecule has 1 aliphatic heterocycles. The first-order valence-electron chi connectivity index (χ1n) is 8.93. The van der Waals surface area contributed by atoms with Crippen LogP contribution in [0.25, 0.3) is 4.85 Å². The third kappa shape index (κ3) is 4.27. The zero-order chi connectivity index (χ0) is 20.3. The summed E-state index contributed by atoms with van der Waals surface area (Å²) in [6.45, 7) is 9.59. The summed E-state index contributed by atoms with van der Waals surface area (Å²) in [6, 6.07) is 10.9. The fourth-order valence-corrected chi connectivity index (χ4v) is 5.25. The molecule has 0 radical (unpaired) electrons. The van der Waals surface area contributed by atoms with Gasteiger partial charge in [-0.05, 0) is 50.1 Å². The van der Waals surface area contributed by atoms with Gasteiger partial charge in [0.25, 0.3) is 5.91 Å². The lowest BCUT2D eigenvalue weighted by Crippen LogP contribution is -2.41. The van der Waals surface area contributed by atoms with E-state index in [2.05, 4.69) is 26.1 Å². The Morgan fingerprint density at radius 3 is 2.57 bits per heavy atom. The normalized spacial score (nSPS) is 17.7. The van der Waals surface area contributed by atoms with Crippen LogP contribution in [-0.4, -0.2) is 31.2 Å². The van der Waals surface area contributed by atoms with Gasteiger partial charge in [-0.15, -0.1) is 0 Å². The average Bonchev–Trinajstić information content (AvgIpc) is 2.69. The number of hydrogen-bond acceptors (Lipinski definition) is 3. The van der Waals surface area contributed by atoms with Gasteiger partial charge in [0.2, 0.25) is 15.7 Å². The molecule has 2 aromatic carbocycles. The van der Waals surface area contributed by atoms with Crippen molar-refractivity contribution in [1.29, 1.82) is 0 Å². The molecule has 0 aromatic heterocycles. The Morgan fingerprint density at radius 1 is 1.21 bits per heavy atom. The van der Waals surface area contributed by atoms with Gasteiger partial charge in [0.05, 0.1) is 11.5 Å². The highest BCUT2D eigenvalue weighted by molar-refractivity contribution is 9.10. The Hall–Kier alpha value is -2.21. The van der Waals surface area contributed by atoms with Gasteiger partial charge in [-0.2, -0.15) is 4.31 Å². The summed E-state index contributed by atoms with van der Waals surface area (Å²) in [6.07, 6.45) is 2.79. The van der Waals surface area contributed by atoms with Gasteiger partial charge < -0.3 is 5.32 Å². The van der Waals surface area contributed by atoms with Gasteiger partial charge in [0, 0.05) is 28.3 Å². The molecule has 28 heavy (non-hydrogen) atoms. The van der Waals surface area contributed by atoms with E-state index in [0.29, 0.717) is 28.0 Å². The highest BCUT2D eigenvalue weighted by Crippen LogP contribution is 2.28. The van der Waals surface area contributed by atoms with Crippen molar-refractivity contribution in [3.05, 3.63) is 63.9 Å². The standard InChI is InChI=1S/C20H20BrN3O3S/c1-14-5-3-4-12-24(14)28(26,27)17-9-7-16(8-10-17)23-20(25)15-6-11-18(21)19(13-15)22-2/h6-11,13-14H,3-5,12H2,1H3,(H,23,25). The number of rotatable bonds is 4.